The van der Waals surface area contributed by atoms with Crippen LogP contribution in [0, 0.1) is 23.3 Å². The lowest BCUT2D eigenvalue weighted by Gasteiger charge is -2.08. The Balaban J connectivity index is 2.37. The highest BCUT2D eigenvalue weighted by Gasteiger charge is 2.30. The lowest BCUT2D eigenvalue weighted by molar-refractivity contribution is 0.299. The molecule has 8 heteroatoms. The van der Waals surface area contributed by atoms with Crippen LogP contribution in [0.25, 0.3) is 0 Å². The van der Waals surface area contributed by atoms with Gasteiger partial charge in [-0.2, -0.15) is 8.42 Å². The Morgan fingerprint density at radius 2 is 1.43 bits per heavy atom. The molecule has 0 amide bonds. The first-order valence-electron chi connectivity index (χ1n) is 5.59. The highest BCUT2D eigenvalue weighted by Crippen LogP contribution is 2.25. The zero-order chi connectivity index (χ0) is 15.6. The van der Waals surface area contributed by atoms with Crippen LogP contribution in [0.1, 0.15) is 5.56 Å². The fourth-order valence-corrected chi connectivity index (χ4v) is 2.59. The molecule has 0 aromatic heterocycles. The summed E-state index contributed by atoms with van der Waals surface area (Å²) in [7, 11) is -4.99. The molecule has 2 rings (SSSR count). The van der Waals surface area contributed by atoms with Crippen LogP contribution in [0.2, 0.25) is 0 Å². The van der Waals surface area contributed by atoms with E-state index in [4.69, 9.17) is 0 Å². The van der Waals surface area contributed by atoms with Gasteiger partial charge in [0.2, 0.25) is 0 Å². The van der Waals surface area contributed by atoms with Gasteiger partial charge in [-0.3, -0.25) is 4.18 Å². The van der Waals surface area contributed by atoms with Gasteiger partial charge < -0.3 is 0 Å². The minimum atomic E-state index is -4.99. The van der Waals surface area contributed by atoms with Crippen molar-refractivity contribution in [3.63, 3.8) is 0 Å². The molecule has 0 spiro atoms. The van der Waals surface area contributed by atoms with Crippen molar-refractivity contribution in [2.24, 2.45) is 0 Å². The fraction of sp³-hybridized carbons (Fsp3) is 0.0769. The third-order valence-electron chi connectivity index (χ3n) is 2.55. The van der Waals surface area contributed by atoms with Crippen molar-refractivity contribution in [3.05, 3.63) is 65.2 Å². The summed E-state index contributed by atoms with van der Waals surface area (Å²) in [6.45, 7) is -0.528. The maximum absolute atomic E-state index is 13.4. The van der Waals surface area contributed by atoms with Crippen molar-refractivity contribution in [1.82, 2.24) is 0 Å². The molecule has 0 atom stereocenters. The van der Waals surface area contributed by atoms with Crippen LogP contribution < -0.4 is 0 Å². The van der Waals surface area contributed by atoms with Crippen LogP contribution in [-0.2, 0) is 20.9 Å². The zero-order valence-electron chi connectivity index (χ0n) is 10.3. The van der Waals surface area contributed by atoms with Crippen LogP contribution in [-0.4, -0.2) is 8.42 Å². The van der Waals surface area contributed by atoms with Crippen LogP contribution in [0.4, 0.5) is 17.6 Å². The average Bonchev–Trinajstić information content (AvgIpc) is 2.44. The zero-order valence-corrected chi connectivity index (χ0v) is 11.1. The second kappa shape index (κ2) is 5.82. The Labute approximate surface area is 117 Å². The molecule has 21 heavy (non-hydrogen) atoms. The number of benzene rings is 2. The fourth-order valence-electron chi connectivity index (χ4n) is 1.55. The summed E-state index contributed by atoms with van der Waals surface area (Å²) in [5, 5.41) is 0. The number of halogens is 4. The van der Waals surface area contributed by atoms with Gasteiger partial charge in [-0.25, -0.2) is 17.6 Å². The summed E-state index contributed by atoms with van der Waals surface area (Å²) in [4.78, 5) is -1.78. The van der Waals surface area contributed by atoms with Crippen molar-refractivity contribution in [1.29, 1.82) is 0 Å². The number of hydrogen-bond donors (Lipinski definition) is 0. The Hall–Kier alpha value is -1.93. The molecule has 0 aliphatic heterocycles. The van der Waals surface area contributed by atoms with E-state index in [-0.39, 0.29) is 6.07 Å². The van der Waals surface area contributed by atoms with Crippen LogP contribution in [0.5, 0.6) is 0 Å². The summed E-state index contributed by atoms with van der Waals surface area (Å²) in [6, 6.07) is 7.78. The molecule has 0 aliphatic carbocycles. The second-order valence-corrected chi connectivity index (χ2v) is 5.55. The van der Waals surface area contributed by atoms with Crippen molar-refractivity contribution in [3.8, 4) is 0 Å². The molecular weight excluding hydrogens is 312 g/mol. The molecule has 0 saturated carbocycles. The van der Waals surface area contributed by atoms with Crippen LogP contribution >= 0.6 is 0 Å². The third kappa shape index (κ3) is 3.22. The van der Waals surface area contributed by atoms with Crippen LogP contribution in [0.15, 0.2) is 41.3 Å². The Kier molecular flexibility index (Phi) is 4.29. The highest BCUT2D eigenvalue weighted by atomic mass is 32.2. The second-order valence-electron chi connectivity index (χ2n) is 4.00. The first kappa shape index (κ1) is 15.5. The van der Waals surface area contributed by atoms with Gasteiger partial charge in [0.25, 0.3) is 0 Å². The van der Waals surface area contributed by atoms with Gasteiger partial charge in [0.05, 0.1) is 6.61 Å². The van der Waals surface area contributed by atoms with E-state index in [2.05, 4.69) is 4.18 Å². The molecule has 3 nitrogen and oxygen atoms in total. The predicted molar refractivity (Wildman–Crippen MR) is 64.7 cm³/mol. The Morgan fingerprint density at radius 1 is 0.905 bits per heavy atom. The SMILES string of the molecule is O=S(=O)(OCc1ccccc1)c1c(F)c(F)cc(F)c1F. The smallest absolute Gasteiger partial charge is 0.261 e. The third-order valence-corrected chi connectivity index (χ3v) is 3.83. The van der Waals surface area contributed by atoms with Gasteiger partial charge in [0, 0.05) is 6.07 Å². The van der Waals surface area contributed by atoms with Crippen molar-refractivity contribution in [2.45, 2.75) is 11.5 Å². The largest absolute Gasteiger partial charge is 0.303 e. The molecule has 0 unspecified atom stereocenters. The molecule has 0 fully saturated rings. The molecule has 0 radical (unpaired) electrons. The van der Waals surface area contributed by atoms with Gasteiger partial charge in [-0.15, -0.1) is 0 Å². The van der Waals surface area contributed by atoms with E-state index >= 15 is 0 Å². The summed E-state index contributed by atoms with van der Waals surface area (Å²) in [5.74, 6) is -7.70. The van der Waals surface area contributed by atoms with Crippen LogP contribution in [0.3, 0.4) is 0 Å². The van der Waals surface area contributed by atoms with Gasteiger partial charge in [0.1, 0.15) is 0 Å². The molecule has 112 valence electrons. The monoisotopic (exact) mass is 320 g/mol. The topological polar surface area (TPSA) is 43.4 Å². The first-order valence-corrected chi connectivity index (χ1v) is 7.00. The molecular formula is C13H8F4O3S. The van der Waals surface area contributed by atoms with Gasteiger partial charge in [-0.1, -0.05) is 30.3 Å². The van der Waals surface area contributed by atoms with Gasteiger partial charge in [0.15, 0.2) is 28.2 Å². The summed E-state index contributed by atoms with van der Waals surface area (Å²) in [5.41, 5.74) is 0.402. The maximum atomic E-state index is 13.4. The van der Waals surface area contributed by atoms with E-state index in [1.165, 1.54) is 12.1 Å². The van der Waals surface area contributed by atoms with E-state index < -0.39 is 44.9 Å². The molecule has 2 aromatic rings. The van der Waals surface area contributed by atoms with E-state index in [1.54, 1.807) is 18.2 Å². The van der Waals surface area contributed by atoms with E-state index in [0.29, 0.717) is 5.56 Å². The number of rotatable bonds is 4. The molecule has 2 aromatic carbocycles. The normalized spacial score (nSPS) is 11.6. The van der Waals surface area contributed by atoms with Crippen molar-refractivity contribution < 1.29 is 30.2 Å². The standard InChI is InChI=1S/C13H8F4O3S/c14-9-6-10(15)12(17)13(11(9)16)21(18,19)20-7-8-4-2-1-3-5-8/h1-6H,7H2. The van der Waals surface area contributed by atoms with E-state index in [9.17, 15) is 26.0 Å². The quantitative estimate of drug-likeness (QED) is 0.494. The molecule has 0 saturated heterocycles. The molecule has 0 heterocycles. The minimum Gasteiger partial charge on any atom is -0.261 e. The summed E-state index contributed by atoms with van der Waals surface area (Å²) < 4.78 is 80.7. The predicted octanol–water partition coefficient (Wildman–Crippen LogP) is 3.15. The first-order chi connectivity index (χ1) is 9.83. The minimum absolute atomic E-state index is 0.0825. The summed E-state index contributed by atoms with van der Waals surface area (Å²) >= 11 is 0. The van der Waals surface area contributed by atoms with Gasteiger partial charge >= 0.3 is 10.1 Å². The molecule has 0 N–H and O–H groups in total. The van der Waals surface area contributed by atoms with Gasteiger partial charge in [-0.05, 0) is 5.56 Å². The lowest BCUT2D eigenvalue weighted by Crippen LogP contribution is -2.13. The summed E-state index contributed by atoms with van der Waals surface area (Å²) in [6.07, 6.45) is 0. The Bertz CT molecular complexity index is 734. The number of hydrogen-bond acceptors (Lipinski definition) is 3. The highest BCUT2D eigenvalue weighted by molar-refractivity contribution is 7.86. The lowest BCUT2D eigenvalue weighted by atomic mass is 10.2. The average molecular weight is 320 g/mol. The van der Waals surface area contributed by atoms with Crippen molar-refractivity contribution >= 4 is 10.1 Å². The van der Waals surface area contributed by atoms with Crippen molar-refractivity contribution in [2.75, 3.05) is 0 Å². The van der Waals surface area contributed by atoms with E-state index in [0.717, 1.165) is 0 Å². The van der Waals surface area contributed by atoms with E-state index in [1.807, 2.05) is 0 Å². The molecule has 0 bridgehead atoms. The maximum Gasteiger partial charge on any atom is 0.303 e. The molecule has 0 aliphatic rings. The Morgan fingerprint density at radius 3 is 1.95 bits per heavy atom.